The van der Waals surface area contributed by atoms with E-state index in [-0.39, 0.29) is 30.5 Å². The number of benzene rings is 1. The molecule has 2 aliphatic rings. The zero-order valence-electron chi connectivity index (χ0n) is 17.8. The van der Waals surface area contributed by atoms with Gasteiger partial charge in [0.1, 0.15) is 5.82 Å². The van der Waals surface area contributed by atoms with Gasteiger partial charge in [-0.05, 0) is 62.6 Å². The quantitative estimate of drug-likeness (QED) is 0.675. The molecule has 1 N–H and O–H groups in total. The SMILES string of the molecule is COC(=O)N1[C@H](COC2CCC(c3cccc(F)c3)CC2)[C@H](NS(=O)(=O)CF)C[C@@H]1C. The van der Waals surface area contributed by atoms with Crippen LogP contribution in [0.2, 0.25) is 0 Å². The molecule has 3 rings (SSSR count). The average Bonchev–Trinajstić information content (AvgIpc) is 3.06. The Kier molecular flexibility index (Phi) is 7.87. The number of sulfonamides is 1. The van der Waals surface area contributed by atoms with E-state index in [1.165, 1.54) is 18.1 Å². The first kappa shape index (κ1) is 23.9. The molecule has 0 bridgehead atoms. The third-order valence-electron chi connectivity index (χ3n) is 6.25. The highest BCUT2D eigenvalue weighted by Gasteiger charge is 2.44. The maximum Gasteiger partial charge on any atom is 0.410 e. The maximum atomic E-state index is 13.5. The van der Waals surface area contributed by atoms with Gasteiger partial charge < -0.3 is 9.47 Å². The molecule has 1 aromatic carbocycles. The molecule has 7 nitrogen and oxygen atoms in total. The van der Waals surface area contributed by atoms with Crippen molar-refractivity contribution in [3.05, 3.63) is 35.6 Å². The van der Waals surface area contributed by atoms with Gasteiger partial charge in [0.2, 0.25) is 16.0 Å². The second-order valence-corrected chi connectivity index (χ2v) is 10.0. The Morgan fingerprint density at radius 3 is 2.58 bits per heavy atom. The highest BCUT2D eigenvalue weighted by molar-refractivity contribution is 7.89. The molecule has 31 heavy (non-hydrogen) atoms. The molecule has 3 atom stereocenters. The van der Waals surface area contributed by atoms with Crippen molar-refractivity contribution in [2.75, 3.05) is 19.7 Å². The minimum Gasteiger partial charge on any atom is -0.453 e. The van der Waals surface area contributed by atoms with Crippen LogP contribution < -0.4 is 4.72 Å². The van der Waals surface area contributed by atoms with Crippen LogP contribution in [0, 0.1) is 5.82 Å². The van der Waals surface area contributed by atoms with E-state index in [0.717, 1.165) is 31.2 Å². The lowest BCUT2D eigenvalue weighted by Gasteiger charge is -2.33. The first-order valence-corrected chi connectivity index (χ1v) is 12.2. The molecule has 0 spiro atoms. The lowest BCUT2D eigenvalue weighted by molar-refractivity contribution is -0.00862. The lowest BCUT2D eigenvalue weighted by atomic mass is 9.82. The van der Waals surface area contributed by atoms with Crippen LogP contribution in [0.25, 0.3) is 0 Å². The van der Waals surface area contributed by atoms with Crippen molar-refractivity contribution in [3.8, 4) is 0 Å². The fourth-order valence-corrected chi connectivity index (χ4v) is 5.50. The molecule has 0 unspecified atom stereocenters. The number of likely N-dealkylation sites (tertiary alicyclic amines) is 1. The molecule has 1 aliphatic heterocycles. The summed E-state index contributed by atoms with van der Waals surface area (Å²) in [6.07, 6.45) is 3.00. The second-order valence-electron chi connectivity index (χ2n) is 8.34. The molecule has 1 aromatic rings. The summed E-state index contributed by atoms with van der Waals surface area (Å²) >= 11 is 0. The topological polar surface area (TPSA) is 84.9 Å². The summed E-state index contributed by atoms with van der Waals surface area (Å²) in [5.74, 6) is 0.0358. The molecule has 1 saturated heterocycles. The van der Waals surface area contributed by atoms with E-state index in [4.69, 9.17) is 9.47 Å². The van der Waals surface area contributed by atoms with Gasteiger partial charge >= 0.3 is 6.09 Å². The number of hydrogen-bond acceptors (Lipinski definition) is 5. The van der Waals surface area contributed by atoms with E-state index in [1.807, 2.05) is 6.07 Å². The van der Waals surface area contributed by atoms with Crippen LogP contribution in [0.15, 0.2) is 24.3 Å². The highest BCUT2D eigenvalue weighted by atomic mass is 32.2. The van der Waals surface area contributed by atoms with Crippen LogP contribution in [0.3, 0.4) is 0 Å². The van der Waals surface area contributed by atoms with Gasteiger partial charge in [-0.2, -0.15) is 0 Å². The number of amides is 1. The van der Waals surface area contributed by atoms with Crippen LogP contribution in [0.4, 0.5) is 13.6 Å². The summed E-state index contributed by atoms with van der Waals surface area (Å²) in [5.41, 5.74) is 0.987. The van der Waals surface area contributed by atoms with Crippen molar-refractivity contribution >= 4 is 16.1 Å². The fourth-order valence-electron chi connectivity index (χ4n) is 4.72. The average molecular weight is 461 g/mol. The number of rotatable bonds is 7. The summed E-state index contributed by atoms with van der Waals surface area (Å²) in [6, 6.07) is 3.61. The van der Waals surface area contributed by atoms with E-state index in [2.05, 4.69) is 4.72 Å². The van der Waals surface area contributed by atoms with Gasteiger partial charge in [-0.1, -0.05) is 12.1 Å². The molecular formula is C21H30F2N2O5S. The maximum absolute atomic E-state index is 13.5. The number of halogens is 2. The Morgan fingerprint density at radius 2 is 1.97 bits per heavy atom. The largest absolute Gasteiger partial charge is 0.453 e. The van der Waals surface area contributed by atoms with E-state index in [0.29, 0.717) is 6.42 Å². The Balaban J connectivity index is 1.61. The number of ether oxygens (including phenoxy) is 2. The standard InChI is InChI=1S/C21H30F2N2O5S/c1-14-10-19(24-31(27,28)13-22)20(25(14)21(26)29-2)12-30-18-8-6-15(7-9-18)16-4-3-5-17(23)11-16/h3-5,11,14-15,18-20,24H,6-10,12-13H2,1-2H3/t14-,15?,18?,19+,20+/m0/s1. The first-order chi connectivity index (χ1) is 14.7. The van der Waals surface area contributed by atoms with Crippen LogP contribution in [-0.4, -0.2) is 63.4 Å². The molecule has 2 fully saturated rings. The molecular weight excluding hydrogens is 430 g/mol. The predicted octanol–water partition coefficient (Wildman–Crippen LogP) is 3.31. The fraction of sp³-hybridized carbons (Fsp3) is 0.667. The summed E-state index contributed by atoms with van der Waals surface area (Å²) in [4.78, 5) is 13.7. The summed E-state index contributed by atoms with van der Waals surface area (Å²) in [6.45, 7) is 1.91. The Labute approximate surface area is 182 Å². The van der Waals surface area contributed by atoms with Crippen LogP contribution in [0.1, 0.15) is 50.5 Å². The van der Waals surface area contributed by atoms with E-state index in [1.54, 1.807) is 19.1 Å². The minimum absolute atomic E-state index is 0.0429. The summed E-state index contributed by atoms with van der Waals surface area (Å²) in [5, 5.41) is 0. The Hall–Kier alpha value is -1.78. The monoisotopic (exact) mass is 460 g/mol. The number of methoxy groups -OCH3 is 1. The third kappa shape index (κ3) is 5.93. The van der Waals surface area contributed by atoms with Gasteiger partial charge in [-0.15, -0.1) is 0 Å². The normalized spacial score (nSPS) is 29.2. The van der Waals surface area contributed by atoms with E-state index in [9.17, 15) is 22.0 Å². The third-order valence-corrected chi connectivity index (χ3v) is 7.20. The van der Waals surface area contributed by atoms with Crippen molar-refractivity contribution in [2.24, 2.45) is 0 Å². The molecule has 0 aromatic heterocycles. The summed E-state index contributed by atoms with van der Waals surface area (Å²) < 4.78 is 63.1. The van der Waals surface area contributed by atoms with Gasteiger partial charge in [0.25, 0.3) is 0 Å². The van der Waals surface area contributed by atoms with E-state index >= 15 is 0 Å². The van der Waals surface area contributed by atoms with Gasteiger partial charge in [0.15, 0.2) is 0 Å². The predicted molar refractivity (Wildman–Crippen MR) is 111 cm³/mol. The molecule has 1 heterocycles. The number of alkyl halides is 1. The number of hydrogen-bond donors (Lipinski definition) is 1. The van der Waals surface area contributed by atoms with Gasteiger partial charge in [-0.25, -0.2) is 26.7 Å². The van der Waals surface area contributed by atoms with Gasteiger partial charge in [-0.3, -0.25) is 4.90 Å². The molecule has 174 valence electrons. The molecule has 1 amide bonds. The smallest absolute Gasteiger partial charge is 0.410 e. The lowest BCUT2D eigenvalue weighted by Crippen LogP contribution is -2.50. The van der Waals surface area contributed by atoms with Crippen LogP contribution in [-0.2, 0) is 19.5 Å². The van der Waals surface area contributed by atoms with Gasteiger partial charge in [0.05, 0.1) is 25.9 Å². The molecule has 10 heteroatoms. The molecule has 0 radical (unpaired) electrons. The van der Waals surface area contributed by atoms with Crippen molar-refractivity contribution in [1.82, 2.24) is 9.62 Å². The van der Waals surface area contributed by atoms with Crippen LogP contribution >= 0.6 is 0 Å². The van der Waals surface area contributed by atoms with Crippen molar-refractivity contribution < 1.29 is 31.5 Å². The van der Waals surface area contributed by atoms with Crippen LogP contribution in [0.5, 0.6) is 0 Å². The number of carbonyl (C=O) groups excluding carboxylic acids is 1. The molecule has 1 aliphatic carbocycles. The number of carbonyl (C=O) groups is 1. The molecule has 1 saturated carbocycles. The number of nitrogens with zero attached hydrogens (tertiary/aromatic N) is 1. The van der Waals surface area contributed by atoms with E-state index < -0.39 is 34.2 Å². The Morgan fingerprint density at radius 1 is 1.26 bits per heavy atom. The van der Waals surface area contributed by atoms with Crippen molar-refractivity contribution in [3.63, 3.8) is 0 Å². The minimum atomic E-state index is -4.08. The number of nitrogens with one attached hydrogen (secondary N) is 1. The zero-order valence-corrected chi connectivity index (χ0v) is 18.6. The Bertz CT molecular complexity index is 861. The highest BCUT2D eigenvalue weighted by Crippen LogP contribution is 2.35. The first-order valence-electron chi connectivity index (χ1n) is 10.5. The van der Waals surface area contributed by atoms with Crippen molar-refractivity contribution in [2.45, 2.75) is 69.2 Å². The summed E-state index contributed by atoms with van der Waals surface area (Å²) in [7, 11) is -2.82. The van der Waals surface area contributed by atoms with Gasteiger partial charge in [0, 0.05) is 12.1 Å². The van der Waals surface area contributed by atoms with Crippen molar-refractivity contribution in [1.29, 1.82) is 0 Å². The zero-order chi connectivity index (χ0) is 22.6. The second kappa shape index (κ2) is 10.2.